The second kappa shape index (κ2) is 9.13. The number of carbonyl (C=O) groups excluding carboxylic acids is 1. The molecule has 0 unspecified atom stereocenters. The predicted octanol–water partition coefficient (Wildman–Crippen LogP) is 5.28. The Morgan fingerprint density at radius 2 is 1.69 bits per heavy atom. The van der Waals surface area contributed by atoms with Gasteiger partial charge in [0.15, 0.2) is 0 Å². The van der Waals surface area contributed by atoms with E-state index in [4.69, 9.17) is 4.74 Å². The molecule has 1 aliphatic rings. The second-order valence-electron chi connectivity index (χ2n) is 6.56. The lowest BCUT2D eigenvalue weighted by Gasteiger charge is -2.22. The van der Waals surface area contributed by atoms with Crippen LogP contribution in [0.15, 0.2) is 48.5 Å². The lowest BCUT2D eigenvalue weighted by molar-refractivity contribution is 0.244. The quantitative estimate of drug-likeness (QED) is 0.662. The molecule has 0 atom stereocenters. The van der Waals surface area contributed by atoms with Gasteiger partial charge in [-0.2, -0.15) is 0 Å². The molecule has 2 amide bonds. The highest BCUT2D eigenvalue weighted by Gasteiger charge is 2.15. The molecule has 138 valence electrons. The third-order valence-electron chi connectivity index (χ3n) is 4.55. The molecule has 0 aliphatic heterocycles. The molecule has 1 aliphatic carbocycles. The Morgan fingerprint density at radius 1 is 1.00 bits per heavy atom. The Hall–Kier alpha value is -2.69. The molecule has 0 aromatic heterocycles. The lowest BCUT2D eigenvalue weighted by Crippen LogP contribution is -2.38. The molecule has 2 aromatic rings. The fraction of sp³-hybridized carbons (Fsp3) is 0.381. The molecule has 2 aromatic carbocycles. The summed E-state index contributed by atoms with van der Waals surface area (Å²) in [6, 6.07) is 15.7. The minimum Gasteiger partial charge on any atom is -0.492 e. The Bertz CT molecular complexity index is 709. The first-order valence-electron chi connectivity index (χ1n) is 9.41. The molecule has 26 heavy (non-hydrogen) atoms. The standard InChI is InChI=1S/C21H27N3O2/c1-2-26-20-11-7-6-10-19(20)22-17-12-14-18(15-13-17)24-21(25)23-16-8-4-3-5-9-16/h6-7,10-16,22H,2-5,8-9H2,1H3,(H2,23,24,25). The molecule has 0 heterocycles. The summed E-state index contributed by atoms with van der Waals surface area (Å²) in [5.41, 5.74) is 2.64. The van der Waals surface area contributed by atoms with Crippen LogP contribution < -0.4 is 20.7 Å². The minimum absolute atomic E-state index is 0.126. The monoisotopic (exact) mass is 353 g/mol. The number of hydrogen-bond acceptors (Lipinski definition) is 3. The molecule has 0 radical (unpaired) electrons. The first kappa shape index (κ1) is 18.1. The molecular formula is C21H27N3O2. The van der Waals surface area contributed by atoms with E-state index in [1.165, 1.54) is 19.3 Å². The van der Waals surface area contributed by atoms with Gasteiger partial charge in [0.25, 0.3) is 0 Å². The van der Waals surface area contributed by atoms with Gasteiger partial charge in [0.05, 0.1) is 12.3 Å². The zero-order valence-electron chi connectivity index (χ0n) is 15.3. The highest BCUT2D eigenvalue weighted by Crippen LogP contribution is 2.28. The van der Waals surface area contributed by atoms with E-state index in [2.05, 4.69) is 16.0 Å². The fourth-order valence-corrected chi connectivity index (χ4v) is 3.24. The molecule has 3 rings (SSSR count). The van der Waals surface area contributed by atoms with E-state index >= 15 is 0 Å². The summed E-state index contributed by atoms with van der Waals surface area (Å²) in [6.45, 7) is 2.59. The summed E-state index contributed by atoms with van der Waals surface area (Å²) in [5, 5.41) is 9.32. The van der Waals surface area contributed by atoms with Crippen LogP contribution in [0.3, 0.4) is 0 Å². The number of urea groups is 1. The Balaban J connectivity index is 1.55. The maximum atomic E-state index is 12.1. The molecule has 1 fully saturated rings. The van der Waals surface area contributed by atoms with Crippen molar-refractivity contribution in [3.63, 3.8) is 0 Å². The molecule has 5 heteroatoms. The Kier molecular flexibility index (Phi) is 6.36. The van der Waals surface area contributed by atoms with E-state index < -0.39 is 0 Å². The summed E-state index contributed by atoms with van der Waals surface area (Å²) in [5.74, 6) is 0.823. The van der Waals surface area contributed by atoms with Gasteiger partial charge in [0.1, 0.15) is 5.75 Å². The van der Waals surface area contributed by atoms with Crippen LogP contribution in [0, 0.1) is 0 Å². The van der Waals surface area contributed by atoms with Gasteiger partial charge in [-0.1, -0.05) is 31.4 Å². The lowest BCUT2D eigenvalue weighted by atomic mass is 9.96. The van der Waals surface area contributed by atoms with Crippen molar-refractivity contribution < 1.29 is 9.53 Å². The number of para-hydroxylation sites is 2. The average molecular weight is 353 g/mol. The zero-order chi connectivity index (χ0) is 18.2. The van der Waals surface area contributed by atoms with Crippen LogP contribution in [0.25, 0.3) is 0 Å². The van der Waals surface area contributed by atoms with Crippen molar-refractivity contribution >= 4 is 23.1 Å². The van der Waals surface area contributed by atoms with E-state index in [-0.39, 0.29) is 6.03 Å². The van der Waals surface area contributed by atoms with Crippen LogP contribution in [-0.4, -0.2) is 18.7 Å². The maximum absolute atomic E-state index is 12.1. The summed E-state index contributed by atoms with van der Waals surface area (Å²) >= 11 is 0. The van der Waals surface area contributed by atoms with Gasteiger partial charge in [-0.3, -0.25) is 0 Å². The van der Waals surface area contributed by atoms with Gasteiger partial charge in [-0.15, -0.1) is 0 Å². The van der Waals surface area contributed by atoms with Crippen LogP contribution in [0.2, 0.25) is 0 Å². The molecular weight excluding hydrogens is 326 g/mol. The van der Waals surface area contributed by atoms with Crippen molar-refractivity contribution in [2.75, 3.05) is 17.2 Å². The summed E-state index contributed by atoms with van der Waals surface area (Å²) in [4.78, 5) is 12.1. The van der Waals surface area contributed by atoms with E-state index in [1.807, 2.05) is 55.5 Å². The third-order valence-corrected chi connectivity index (χ3v) is 4.55. The molecule has 3 N–H and O–H groups in total. The third kappa shape index (κ3) is 5.15. The number of benzene rings is 2. The maximum Gasteiger partial charge on any atom is 0.319 e. The average Bonchev–Trinajstić information content (AvgIpc) is 2.66. The van der Waals surface area contributed by atoms with Gasteiger partial charge in [0.2, 0.25) is 0 Å². The number of nitrogens with one attached hydrogen (secondary N) is 3. The van der Waals surface area contributed by atoms with Crippen LogP contribution in [0.1, 0.15) is 39.0 Å². The van der Waals surface area contributed by atoms with Crippen LogP contribution in [0.5, 0.6) is 5.75 Å². The first-order chi connectivity index (χ1) is 12.7. The normalized spacial score (nSPS) is 14.5. The second-order valence-corrected chi connectivity index (χ2v) is 6.56. The summed E-state index contributed by atoms with van der Waals surface area (Å²) in [7, 11) is 0. The van der Waals surface area contributed by atoms with E-state index in [0.29, 0.717) is 12.6 Å². The van der Waals surface area contributed by atoms with Crippen molar-refractivity contribution in [2.24, 2.45) is 0 Å². The van der Waals surface area contributed by atoms with Gasteiger partial charge >= 0.3 is 6.03 Å². The van der Waals surface area contributed by atoms with Crippen molar-refractivity contribution in [3.05, 3.63) is 48.5 Å². The zero-order valence-corrected chi connectivity index (χ0v) is 15.3. The fourth-order valence-electron chi connectivity index (χ4n) is 3.24. The first-order valence-corrected chi connectivity index (χ1v) is 9.41. The SMILES string of the molecule is CCOc1ccccc1Nc1ccc(NC(=O)NC2CCCCC2)cc1. The van der Waals surface area contributed by atoms with Crippen LogP contribution in [-0.2, 0) is 0 Å². The molecule has 0 saturated heterocycles. The highest BCUT2D eigenvalue weighted by atomic mass is 16.5. The van der Waals surface area contributed by atoms with E-state index in [1.54, 1.807) is 0 Å². The topological polar surface area (TPSA) is 62.4 Å². The van der Waals surface area contributed by atoms with Gasteiger partial charge in [-0.05, 0) is 56.2 Å². The van der Waals surface area contributed by atoms with Crippen LogP contribution >= 0.6 is 0 Å². The van der Waals surface area contributed by atoms with E-state index in [0.717, 1.165) is 35.7 Å². The van der Waals surface area contributed by atoms with Crippen molar-refractivity contribution in [3.8, 4) is 5.75 Å². The highest BCUT2D eigenvalue weighted by molar-refractivity contribution is 5.89. The predicted molar refractivity (Wildman–Crippen MR) is 106 cm³/mol. The number of hydrogen-bond donors (Lipinski definition) is 3. The number of carbonyl (C=O) groups is 1. The smallest absolute Gasteiger partial charge is 0.319 e. The minimum atomic E-state index is -0.126. The number of anilines is 3. The van der Waals surface area contributed by atoms with Gasteiger partial charge in [-0.25, -0.2) is 4.79 Å². The van der Waals surface area contributed by atoms with Crippen LogP contribution in [0.4, 0.5) is 21.9 Å². The molecule has 5 nitrogen and oxygen atoms in total. The Labute approximate surface area is 155 Å². The molecule has 1 saturated carbocycles. The van der Waals surface area contributed by atoms with Gasteiger partial charge < -0.3 is 20.7 Å². The Morgan fingerprint density at radius 3 is 2.42 bits per heavy atom. The van der Waals surface area contributed by atoms with Gasteiger partial charge in [0, 0.05) is 17.4 Å². The molecule has 0 bridgehead atoms. The summed E-state index contributed by atoms with van der Waals surface area (Å²) < 4.78 is 5.63. The molecule has 0 spiro atoms. The van der Waals surface area contributed by atoms with Crippen molar-refractivity contribution in [1.29, 1.82) is 0 Å². The van der Waals surface area contributed by atoms with Crippen molar-refractivity contribution in [2.45, 2.75) is 45.1 Å². The largest absolute Gasteiger partial charge is 0.492 e. The number of amides is 2. The van der Waals surface area contributed by atoms with Crippen molar-refractivity contribution in [1.82, 2.24) is 5.32 Å². The van der Waals surface area contributed by atoms with E-state index in [9.17, 15) is 4.79 Å². The number of ether oxygens (including phenoxy) is 1. The number of rotatable bonds is 6. The summed E-state index contributed by atoms with van der Waals surface area (Å²) in [6.07, 6.45) is 5.84.